The molecule has 4 heteroatoms. The molecule has 2 bridgehead atoms. The van der Waals surface area contributed by atoms with Crippen LogP contribution in [0.4, 0.5) is 0 Å². The van der Waals surface area contributed by atoms with Crippen LogP contribution in [-0.2, 0) is 5.41 Å². The smallest absolute Gasteiger partial charge is 0.0892 e. The fourth-order valence-electron chi connectivity index (χ4n) is 11.3. The quantitative estimate of drug-likeness (QED) is 0.0967. The van der Waals surface area contributed by atoms with Crippen LogP contribution < -0.4 is 0 Å². The fourth-order valence-corrected chi connectivity index (χ4v) is 11.3. The van der Waals surface area contributed by atoms with Crippen LogP contribution in [0, 0.1) is 17.8 Å². The van der Waals surface area contributed by atoms with E-state index in [9.17, 15) is 0 Å². The van der Waals surface area contributed by atoms with Crippen molar-refractivity contribution in [2.45, 2.75) is 76.5 Å². The van der Waals surface area contributed by atoms with Crippen LogP contribution in [0.25, 0.3) is 67.3 Å². The van der Waals surface area contributed by atoms with Crippen molar-refractivity contribution < 1.29 is 0 Å². The number of hydrogen-bond donors (Lipinski definition) is 0. The van der Waals surface area contributed by atoms with E-state index < -0.39 is 0 Å². The zero-order valence-electron chi connectivity index (χ0n) is 36.4. The number of unbranched alkanes of at least 4 members (excludes halogenated alkanes) is 5. The number of benzene rings is 4. The molecule has 2 aliphatic rings. The largest absolute Gasteiger partial charge is 0.255 e. The normalized spacial score (nSPS) is 17.5. The highest BCUT2D eigenvalue weighted by molar-refractivity contribution is 5.75. The van der Waals surface area contributed by atoms with Crippen molar-refractivity contribution in [3.63, 3.8) is 0 Å². The topological polar surface area (TPSA) is 51.6 Å². The number of aromatic nitrogens is 4. The molecule has 0 saturated heterocycles. The van der Waals surface area contributed by atoms with Gasteiger partial charge in [-0.15, -0.1) is 0 Å². The van der Waals surface area contributed by atoms with Gasteiger partial charge < -0.3 is 0 Å². The summed E-state index contributed by atoms with van der Waals surface area (Å²) in [4.78, 5) is 18.2. The van der Waals surface area contributed by atoms with E-state index >= 15 is 0 Å². The van der Waals surface area contributed by atoms with E-state index in [-0.39, 0.29) is 5.41 Å². The lowest BCUT2D eigenvalue weighted by molar-refractivity contribution is 0.287. The lowest BCUT2D eigenvalue weighted by Gasteiger charge is -2.37. The minimum Gasteiger partial charge on any atom is -0.255 e. The molecular formula is C59H56N4. The first-order chi connectivity index (χ1) is 31.2. The van der Waals surface area contributed by atoms with Crippen LogP contribution in [0.2, 0.25) is 0 Å². The van der Waals surface area contributed by atoms with E-state index in [0.717, 1.165) is 39.8 Å². The van der Waals surface area contributed by atoms with Crippen molar-refractivity contribution >= 4 is 0 Å². The molecule has 0 aliphatic heterocycles. The Balaban J connectivity index is 0.914. The Morgan fingerprint density at radius 2 is 0.841 bits per heavy atom. The summed E-state index contributed by atoms with van der Waals surface area (Å²) in [6, 6.07) is 57.8. The zero-order valence-corrected chi connectivity index (χ0v) is 36.4. The van der Waals surface area contributed by atoms with Gasteiger partial charge in [0.2, 0.25) is 0 Å². The molecule has 0 amide bonds. The van der Waals surface area contributed by atoms with Crippen LogP contribution in [0.5, 0.6) is 0 Å². The molecule has 2 aliphatic carbocycles. The molecule has 10 rings (SSSR count). The average molecular weight is 821 g/mol. The van der Waals surface area contributed by atoms with Crippen LogP contribution in [0.15, 0.2) is 183 Å². The summed E-state index contributed by atoms with van der Waals surface area (Å²) in [5, 5.41) is 0. The highest BCUT2D eigenvalue weighted by atomic mass is 14.8. The van der Waals surface area contributed by atoms with E-state index in [4.69, 9.17) is 0 Å². The van der Waals surface area contributed by atoms with Crippen molar-refractivity contribution in [2.75, 3.05) is 0 Å². The minimum absolute atomic E-state index is 0.0387. The summed E-state index contributed by atoms with van der Waals surface area (Å²) in [7, 11) is 0. The second kappa shape index (κ2) is 18.4. The lowest BCUT2D eigenvalue weighted by Crippen LogP contribution is -2.34. The second-order valence-corrected chi connectivity index (χ2v) is 17.9. The van der Waals surface area contributed by atoms with Gasteiger partial charge in [0.15, 0.2) is 0 Å². The van der Waals surface area contributed by atoms with Crippen molar-refractivity contribution in [3.8, 4) is 67.3 Å². The van der Waals surface area contributed by atoms with E-state index in [0.29, 0.717) is 11.8 Å². The third-order valence-corrected chi connectivity index (χ3v) is 14.3. The number of fused-ring (bicyclic) bond motifs is 2. The van der Waals surface area contributed by atoms with Gasteiger partial charge in [0.25, 0.3) is 0 Å². The fraction of sp³-hybridized carbons (Fsp3) is 0.254. The van der Waals surface area contributed by atoms with E-state index in [1.807, 2.05) is 61.2 Å². The minimum atomic E-state index is 0.0387. The monoisotopic (exact) mass is 820 g/mol. The molecule has 4 aromatic heterocycles. The highest BCUT2D eigenvalue weighted by Crippen LogP contribution is 2.65. The Hall–Kier alpha value is -6.52. The first-order valence-electron chi connectivity index (χ1n) is 23.3. The molecule has 0 radical (unpaired) electrons. The van der Waals surface area contributed by atoms with Crippen molar-refractivity contribution in [1.29, 1.82) is 0 Å². The van der Waals surface area contributed by atoms with Gasteiger partial charge in [-0.1, -0.05) is 161 Å². The molecule has 2 fully saturated rings. The van der Waals surface area contributed by atoms with Gasteiger partial charge in [0, 0.05) is 30.2 Å². The van der Waals surface area contributed by atoms with Gasteiger partial charge in [-0.25, -0.2) is 0 Å². The lowest BCUT2D eigenvalue weighted by atomic mass is 9.65. The molecule has 312 valence electrons. The summed E-state index contributed by atoms with van der Waals surface area (Å²) >= 11 is 0. The van der Waals surface area contributed by atoms with Gasteiger partial charge in [-0.3, -0.25) is 19.9 Å². The van der Waals surface area contributed by atoms with E-state index in [2.05, 4.69) is 148 Å². The Morgan fingerprint density at radius 1 is 0.413 bits per heavy atom. The van der Waals surface area contributed by atoms with Crippen LogP contribution in [0.1, 0.15) is 82.3 Å². The van der Waals surface area contributed by atoms with Crippen LogP contribution in [-0.4, -0.2) is 19.9 Å². The van der Waals surface area contributed by atoms with Crippen LogP contribution in [0.3, 0.4) is 0 Å². The van der Waals surface area contributed by atoms with Crippen molar-refractivity contribution in [2.24, 2.45) is 17.8 Å². The van der Waals surface area contributed by atoms with Gasteiger partial charge in [-0.2, -0.15) is 0 Å². The molecule has 4 nitrogen and oxygen atoms in total. The standard InChI is InChI=1S/C59H56N4/c1-2-3-4-5-6-7-12-50-39-53-31-32-54(50)59(53,51-27-23-44(24-28-51)42-15-19-46(20-16-42)48-33-37-62-57(40-48)55-13-8-10-35-60-55)52-29-25-45(26-30-52)43-17-21-47(22-18-43)49-34-38-63-58(41-49)56-14-9-11-36-61-56/h8-11,13-30,33-38,40-41,50,53-54H,2-7,12,31-32,39H2,1H3. The second-order valence-electron chi connectivity index (χ2n) is 17.9. The van der Waals surface area contributed by atoms with Gasteiger partial charge in [0.1, 0.15) is 0 Å². The first-order valence-corrected chi connectivity index (χ1v) is 23.3. The van der Waals surface area contributed by atoms with Gasteiger partial charge in [-0.05, 0) is 141 Å². The van der Waals surface area contributed by atoms with Gasteiger partial charge >= 0.3 is 0 Å². The molecule has 4 heterocycles. The molecule has 63 heavy (non-hydrogen) atoms. The average Bonchev–Trinajstić information content (AvgIpc) is 3.89. The third kappa shape index (κ3) is 8.27. The number of nitrogens with zero attached hydrogens (tertiary/aromatic N) is 4. The zero-order chi connectivity index (χ0) is 42.4. The molecule has 3 atom stereocenters. The third-order valence-electron chi connectivity index (χ3n) is 14.3. The Morgan fingerprint density at radius 3 is 1.30 bits per heavy atom. The van der Waals surface area contributed by atoms with Crippen LogP contribution >= 0.6 is 0 Å². The van der Waals surface area contributed by atoms with E-state index in [1.54, 1.807) is 0 Å². The molecule has 2 saturated carbocycles. The summed E-state index contributed by atoms with van der Waals surface area (Å²) in [5.41, 5.74) is 16.2. The Labute approximate surface area is 373 Å². The molecule has 4 aromatic carbocycles. The summed E-state index contributed by atoms with van der Waals surface area (Å²) in [6.45, 7) is 2.31. The number of hydrogen-bond acceptors (Lipinski definition) is 4. The number of rotatable bonds is 15. The molecule has 0 spiro atoms. The molecular weight excluding hydrogens is 765 g/mol. The SMILES string of the molecule is CCCCCCCCC1CC2CCC1C2(c1ccc(-c2ccc(-c3ccnc(-c4ccccn4)c3)cc2)cc1)c1ccc(-c2ccc(-c3ccnc(-c4ccccn4)c3)cc2)cc1. The highest BCUT2D eigenvalue weighted by Gasteiger charge is 2.59. The maximum Gasteiger partial charge on any atom is 0.0892 e. The van der Waals surface area contributed by atoms with Gasteiger partial charge in [0.05, 0.1) is 22.8 Å². The summed E-state index contributed by atoms with van der Waals surface area (Å²) < 4.78 is 0. The molecule has 0 N–H and O–H groups in total. The van der Waals surface area contributed by atoms with Crippen molar-refractivity contribution in [3.05, 3.63) is 194 Å². The Bertz CT molecular complexity index is 2560. The van der Waals surface area contributed by atoms with E-state index in [1.165, 1.54) is 109 Å². The predicted molar refractivity (Wildman–Crippen MR) is 260 cm³/mol. The first kappa shape index (κ1) is 40.5. The molecule has 3 unspecified atom stereocenters. The van der Waals surface area contributed by atoms with Crippen molar-refractivity contribution in [1.82, 2.24) is 19.9 Å². The summed E-state index contributed by atoms with van der Waals surface area (Å²) in [5.74, 6) is 2.11. The summed E-state index contributed by atoms with van der Waals surface area (Å²) in [6.07, 6.45) is 20.9. The predicted octanol–water partition coefficient (Wildman–Crippen LogP) is 15.4. The maximum absolute atomic E-state index is 4.59. The maximum atomic E-state index is 4.59. The Kier molecular flexibility index (Phi) is 11.9. The molecule has 8 aromatic rings. The number of pyridine rings is 4.